The summed E-state index contributed by atoms with van der Waals surface area (Å²) in [6.45, 7) is -1.37. The Kier molecular flexibility index (Phi) is 8.60. The molecule has 0 saturated carbocycles. The maximum Gasteiger partial charge on any atom is 0.483 e. The third-order valence-corrected chi connectivity index (χ3v) is 8.41. The second-order valence-electron chi connectivity index (χ2n) is 8.49. The molecule has 0 radical (unpaired) electrons. The summed E-state index contributed by atoms with van der Waals surface area (Å²) < 4.78 is 49.4. The third kappa shape index (κ3) is 6.22. The number of aromatic nitrogens is 4. The normalized spacial score (nSPS) is 36.6. The van der Waals surface area contributed by atoms with Gasteiger partial charge in [0.2, 0.25) is 5.95 Å². The lowest BCUT2D eigenvalue weighted by molar-refractivity contribution is -0.273. The number of nitrogen functional groups attached to an aromatic ring is 1. The molecule has 4 heterocycles. The summed E-state index contributed by atoms with van der Waals surface area (Å²) in [4.78, 5) is 41.7. The maximum absolute atomic E-state index is 12.3. The fraction of sp³-hybridized carbons (Fsp3) is 0.688. The Labute approximate surface area is 216 Å². The van der Waals surface area contributed by atoms with Crippen LogP contribution in [-0.2, 0) is 32.0 Å². The van der Waals surface area contributed by atoms with Crippen LogP contribution in [0.5, 0.6) is 0 Å². The second kappa shape index (κ2) is 11.2. The molecule has 0 aromatic carbocycles. The van der Waals surface area contributed by atoms with E-state index in [1.807, 2.05) is 0 Å². The Morgan fingerprint density at radius 3 is 2.33 bits per heavy atom. The van der Waals surface area contributed by atoms with Crippen LogP contribution in [0, 0.1) is 0 Å². The van der Waals surface area contributed by atoms with Crippen LogP contribution >= 0.6 is 15.6 Å². The first kappa shape index (κ1) is 30.1. The lowest BCUT2D eigenvalue weighted by atomic mass is 9.99. The number of imidazole rings is 1. The Hall–Kier alpha value is -1.91. The molecule has 2 aliphatic heterocycles. The van der Waals surface area contributed by atoms with Gasteiger partial charge in [-0.3, -0.25) is 23.4 Å². The van der Waals surface area contributed by atoms with Crippen molar-refractivity contribution in [1.29, 1.82) is 0 Å². The number of nitrogens with one attached hydrogen (secondary N) is 1. The Morgan fingerprint density at radius 1 is 1.00 bits per heavy atom. The largest absolute Gasteiger partial charge is 0.483 e. The van der Waals surface area contributed by atoms with Gasteiger partial charge >= 0.3 is 15.6 Å². The molecule has 0 amide bonds. The van der Waals surface area contributed by atoms with E-state index in [2.05, 4.69) is 28.3 Å². The molecule has 2 fully saturated rings. The molecule has 11 atom stereocenters. The highest BCUT2D eigenvalue weighted by molar-refractivity contribution is 7.61. The lowest BCUT2D eigenvalue weighted by Crippen LogP contribution is -2.59. The van der Waals surface area contributed by atoms with Gasteiger partial charge in [-0.05, 0) is 0 Å². The number of nitrogens with two attached hydrogens (primary N) is 2. The standard InChI is InChI=1S/C16H26N6O15P2/c17-1-4-7(23)9(25)11(27)15(35-4)36-39(31,32)37-38(29,30)33-2-5-8(24)10(26)14(34-5)22-3-19-6-12(22)20-16(18)21-13(6)28/h3-5,7-11,14-15,23-27H,1-2,17H2,(H,29,30)(H,31,32)(H3,18,20,21,28)/t4?,5-,7-,8+,9+,10?,11?,14-,15-/m1/s1. The van der Waals surface area contributed by atoms with Crippen LogP contribution in [-0.4, -0.2) is 117 Å². The number of rotatable bonds is 9. The topological polar surface area (TPSA) is 338 Å². The number of aliphatic hydroxyl groups excluding tert-OH is 5. The van der Waals surface area contributed by atoms with Gasteiger partial charge in [-0.25, -0.2) is 14.1 Å². The molecule has 12 N–H and O–H groups in total. The molecule has 220 valence electrons. The van der Waals surface area contributed by atoms with E-state index >= 15 is 0 Å². The molecule has 0 aliphatic carbocycles. The van der Waals surface area contributed by atoms with Crippen molar-refractivity contribution in [2.45, 2.75) is 55.2 Å². The average Bonchev–Trinajstić information content (AvgIpc) is 3.38. The molecule has 5 unspecified atom stereocenters. The Morgan fingerprint density at radius 2 is 1.67 bits per heavy atom. The number of anilines is 1. The van der Waals surface area contributed by atoms with Crippen LogP contribution in [0.15, 0.2) is 11.1 Å². The highest BCUT2D eigenvalue weighted by Crippen LogP contribution is 2.61. The quantitative estimate of drug-likeness (QED) is 0.120. The summed E-state index contributed by atoms with van der Waals surface area (Å²) in [6, 6.07) is 0. The number of hydrogen-bond acceptors (Lipinski definition) is 17. The fourth-order valence-corrected chi connectivity index (χ4v) is 6.05. The van der Waals surface area contributed by atoms with Gasteiger partial charge in [0, 0.05) is 6.54 Å². The van der Waals surface area contributed by atoms with Crippen molar-refractivity contribution < 1.29 is 67.3 Å². The second-order valence-corrected chi connectivity index (χ2v) is 11.5. The Bertz CT molecular complexity index is 1340. The molecular formula is C16H26N6O15P2. The zero-order valence-corrected chi connectivity index (χ0v) is 21.3. The van der Waals surface area contributed by atoms with Crippen molar-refractivity contribution in [3.05, 3.63) is 16.7 Å². The lowest BCUT2D eigenvalue weighted by Gasteiger charge is -2.39. The van der Waals surface area contributed by atoms with Crippen LogP contribution in [0.1, 0.15) is 6.23 Å². The molecule has 2 saturated heterocycles. The summed E-state index contributed by atoms with van der Waals surface area (Å²) in [6.07, 6.45) is -14.4. The fourth-order valence-electron chi connectivity index (χ4n) is 3.90. The summed E-state index contributed by atoms with van der Waals surface area (Å²) >= 11 is 0. The zero-order valence-electron chi connectivity index (χ0n) is 19.5. The first-order chi connectivity index (χ1) is 18.1. The van der Waals surface area contributed by atoms with Gasteiger partial charge in [0.05, 0.1) is 12.9 Å². The molecule has 39 heavy (non-hydrogen) atoms. The van der Waals surface area contributed by atoms with E-state index in [1.165, 1.54) is 0 Å². The minimum Gasteiger partial charge on any atom is -0.388 e. The van der Waals surface area contributed by atoms with E-state index < -0.39 is 89.6 Å². The van der Waals surface area contributed by atoms with Gasteiger partial charge in [0.15, 0.2) is 23.7 Å². The third-order valence-electron chi connectivity index (χ3n) is 5.81. The van der Waals surface area contributed by atoms with E-state index in [4.69, 9.17) is 20.9 Å². The number of hydrogen-bond donors (Lipinski definition) is 10. The van der Waals surface area contributed by atoms with Crippen LogP contribution in [0.3, 0.4) is 0 Å². The van der Waals surface area contributed by atoms with Gasteiger partial charge in [-0.15, -0.1) is 0 Å². The highest BCUT2D eigenvalue weighted by atomic mass is 31.3. The summed E-state index contributed by atoms with van der Waals surface area (Å²) in [5.74, 6) is -0.272. The van der Waals surface area contributed by atoms with Gasteiger partial charge in [0.1, 0.15) is 42.7 Å². The number of phosphoric acid groups is 2. The number of aromatic amines is 1. The van der Waals surface area contributed by atoms with Gasteiger partial charge < -0.3 is 56.3 Å². The van der Waals surface area contributed by atoms with E-state index in [1.54, 1.807) is 0 Å². The molecule has 23 heteroatoms. The summed E-state index contributed by atoms with van der Waals surface area (Å²) in [5.41, 5.74) is 9.92. The number of fused-ring (bicyclic) bond motifs is 1. The van der Waals surface area contributed by atoms with Crippen molar-refractivity contribution >= 4 is 32.8 Å². The minimum atomic E-state index is -5.55. The number of nitrogens with zero attached hydrogens (tertiary/aromatic N) is 3. The Balaban J connectivity index is 1.39. The van der Waals surface area contributed by atoms with Crippen LogP contribution in [0.4, 0.5) is 5.95 Å². The molecule has 2 aromatic heterocycles. The predicted molar refractivity (Wildman–Crippen MR) is 122 cm³/mol. The molecule has 0 bridgehead atoms. The van der Waals surface area contributed by atoms with Crippen molar-refractivity contribution in [2.24, 2.45) is 5.73 Å². The molecule has 2 aliphatic rings. The van der Waals surface area contributed by atoms with Crippen molar-refractivity contribution in [3.8, 4) is 0 Å². The smallest absolute Gasteiger partial charge is 0.388 e. The maximum atomic E-state index is 12.3. The van der Waals surface area contributed by atoms with E-state index in [-0.39, 0.29) is 17.1 Å². The molecular weight excluding hydrogens is 578 g/mol. The number of phosphoric ester groups is 2. The van der Waals surface area contributed by atoms with Crippen molar-refractivity contribution in [2.75, 3.05) is 18.9 Å². The average molecular weight is 604 g/mol. The summed E-state index contributed by atoms with van der Waals surface area (Å²) in [5, 5.41) is 50.3. The number of ether oxygens (including phenoxy) is 2. The van der Waals surface area contributed by atoms with Crippen LogP contribution in [0.25, 0.3) is 11.2 Å². The molecule has 2 aromatic rings. The first-order valence-corrected chi connectivity index (χ1v) is 14.0. The number of H-pyrrole nitrogens is 1. The van der Waals surface area contributed by atoms with E-state index in [9.17, 15) is 49.2 Å². The van der Waals surface area contributed by atoms with Crippen LogP contribution < -0.4 is 17.0 Å². The number of aliphatic hydroxyl groups is 5. The minimum absolute atomic E-state index is 0.106. The van der Waals surface area contributed by atoms with E-state index in [0.29, 0.717) is 0 Å². The van der Waals surface area contributed by atoms with Crippen molar-refractivity contribution in [1.82, 2.24) is 19.5 Å². The van der Waals surface area contributed by atoms with Gasteiger partial charge in [-0.2, -0.15) is 9.29 Å². The summed E-state index contributed by atoms with van der Waals surface area (Å²) in [7, 11) is -11.0. The SMILES string of the molecule is NCC1O[C@H](OP(=O)(O)OP(=O)(O)OC[C@H]2O[C@@H](n3cnc4c(=O)[nH]c(N)nc43)C(O)[C@H]2O)C(O)[C@@H](O)[C@@H]1O. The molecule has 4 rings (SSSR count). The first-order valence-electron chi connectivity index (χ1n) is 11.0. The van der Waals surface area contributed by atoms with Crippen LogP contribution in [0.2, 0.25) is 0 Å². The molecule has 0 spiro atoms. The predicted octanol–water partition coefficient (Wildman–Crippen LogP) is -4.66. The molecule has 21 nitrogen and oxygen atoms in total. The van der Waals surface area contributed by atoms with Gasteiger partial charge in [-0.1, -0.05) is 0 Å². The highest BCUT2D eigenvalue weighted by Gasteiger charge is 2.49. The van der Waals surface area contributed by atoms with Gasteiger partial charge in [0.25, 0.3) is 5.56 Å². The zero-order chi connectivity index (χ0) is 28.9. The van der Waals surface area contributed by atoms with E-state index in [0.717, 1.165) is 10.9 Å². The van der Waals surface area contributed by atoms with Crippen molar-refractivity contribution in [3.63, 3.8) is 0 Å². The monoisotopic (exact) mass is 604 g/mol.